The van der Waals surface area contributed by atoms with E-state index in [-0.39, 0.29) is 13.1 Å². The van der Waals surface area contributed by atoms with Crippen LogP contribution < -0.4 is 14.8 Å². The Bertz CT molecular complexity index is 701. The molecule has 2 nitrogen and oxygen atoms in total. The molecule has 0 radical (unpaired) electrons. The minimum absolute atomic E-state index is 0.229. The van der Waals surface area contributed by atoms with Gasteiger partial charge in [0.25, 0.3) is 0 Å². The van der Waals surface area contributed by atoms with Crippen molar-refractivity contribution in [3.63, 3.8) is 0 Å². The van der Waals surface area contributed by atoms with E-state index in [1.54, 1.807) is 7.11 Å². The van der Waals surface area contributed by atoms with Gasteiger partial charge in [-0.05, 0) is 43.3 Å². The zero-order chi connectivity index (χ0) is 15.9. The van der Waals surface area contributed by atoms with Crippen LogP contribution in [0.4, 0.5) is 0 Å². The Morgan fingerprint density at radius 3 is 2.50 bits per heavy atom. The van der Waals surface area contributed by atoms with Crippen LogP contribution in [0.3, 0.4) is 0 Å². The molecule has 0 bridgehead atoms. The van der Waals surface area contributed by atoms with Crippen molar-refractivity contribution in [1.82, 2.24) is 0 Å². The summed E-state index contributed by atoms with van der Waals surface area (Å²) in [5.74, 6) is 1.98. The van der Waals surface area contributed by atoms with Crippen LogP contribution in [-0.4, -0.2) is 18.6 Å². The average molecular weight is 314 g/mol. The SMILES string of the molecule is COc1cccc(C)c1-c1cccc2c1P(C(C)(C)C)CO2. The van der Waals surface area contributed by atoms with Crippen molar-refractivity contribution in [3.05, 3.63) is 42.0 Å². The molecule has 1 aliphatic heterocycles. The van der Waals surface area contributed by atoms with Crippen molar-refractivity contribution in [2.75, 3.05) is 13.5 Å². The number of hydrogen-bond acceptors (Lipinski definition) is 2. The Morgan fingerprint density at radius 2 is 1.82 bits per heavy atom. The maximum absolute atomic E-state index is 6.00. The standard InChI is InChI=1S/C19H23O2P/c1-13-8-6-10-15(20-5)17(13)14-9-7-11-16-18(14)22(12-21-16)19(2,3)4/h6-11H,12H2,1-5H3. The Kier molecular flexibility index (Phi) is 3.91. The maximum atomic E-state index is 6.00. The van der Waals surface area contributed by atoms with Gasteiger partial charge < -0.3 is 9.47 Å². The molecule has 0 aliphatic carbocycles. The van der Waals surface area contributed by atoms with E-state index >= 15 is 0 Å². The molecule has 0 spiro atoms. The predicted octanol–water partition coefficient (Wildman–Crippen LogP) is 4.93. The van der Waals surface area contributed by atoms with Gasteiger partial charge in [-0.3, -0.25) is 0 Å². The fourth-order valence-electron chi connectivity index (χ4n) is 3.00. The predicted molar refractivity (Wildman–Crippen MR) is 95.0 cm³/mol. The van der Waals surface area contributed by atoms with Crippen LogP contribution in [0, 0.1) is 6.92 Å². The van der Waals surface area contributed by atoms with E-state index in [0.29, 0.717) is 0 Å². The molecule has 0 fully saturated rings. The summed E-state index contributed by atoms with van der Waals surface area (Å²) in [5, 5.41) is 1.62. The fourth-order valence-corrected chi connectivity index (χ4v) is 5.34. The van der Waals surface area contributed by atoms with Crippen molar-refractivity contribution < 1.29 is 9.47 Å². The van der Waals surface area contributed by atoms with Gasteiger partial charge in [-0.1, -0.05) is 45.0 Å². The molecule has 116 valence electrons. The van der Waals surface area contributed by atoms with Crippen molar-refractivity contribution >= 4 is 13.2 Å². The van der Waals surface area contributed by atoms with E-state index < -0.39 is 0 Å². The molecule has 1 atom stereocenters. The smallest absolute Gasteiger partial charge is 0.128 e. The summed E-state index contributed by atoms with van der Waals surface area (Å²) in [4.78, 5) is 0. The lowest BCUT2D eigenvalue weighted by Crippen LogP contribution is -2.19. The van der Waals surface area contributed by atoms with Crippen LogP contribution in [0.5, 0.6) is 11.5 Å². The summed E-state index contributed by atoms with van der Waals surface area (Å²) in [6, 6.07) is 12.6. The molecule has 22 heavy (non-hydrogen) atoms. The molecule has 0 saturated heterocycles. The maximum Gasteiger partial charge on any atom is 0.128 e. The van der Waals surface area contributed by atoms with Crippen LogP contribution in [0.15, 0.2) is 36.4 Å². The van der Waals surface area contributed by atoms with E-state index in [9.17, 15) is 0 Å². The molecule has 1 heterocycles. The quantitative estimate of drug-likeness (QED) is 0.732. The third-order valence-corrected chi connectivity index (χ3v) is 7.16. The summed E-state index contributed by atoms with van der Waals surface area (Å²) in [7, 11) is 1.39. The van der Waals surface area contributed by atoms with E-state index in [1.807, 2.05) is 12.1 Å². The second kappa shape index (κ2) is 5.59. The van der Waals surface area contributed by atoms with Crippen LogP contribution >= 0.6 is 7.92 Å². The van der Waals surface area contributed by atoms with Crippen molar-refractivity contribution in [2.24, 2.45) is 0 Å². The van der Waals surface area contributed by atoms with Gasteiger partial charge in [-0.15, -0.1) is 0 Å². The molecule has 1 unspecified atom stereocenters. The first kappa shape index (κ1) is 15.4. The highest BCUT2D eigenvalue weighted by molar-refractivity contribution is 7.67. The Morgan fingerprint density at radius 1 is 1.09 bits per heavy atom. The van der Waals surface area contributed by atoms with Gasteiger partial charge in [-0.25, -0.2) is 0 Å². The summed E-state index contributed by atoms with van der Waals surface area (Å²) in [6.07, 6.45) is 0.819. The zero-order valence-corrected chi connectivity index (χ0v) is 14.8. The van der Waals surface area contributed by atoms with E-state index in [2.05, 4.69) is 52.0 Å². The zero-order valence-electron chi connectivity index (χ0n) is 13.9. The first-order valence-electron chi connectivity index (χ1n) is 7.61. The van der Waals surface area contributed by atoms with Crippen molar-refractivity contribution in [1.29, 1.82) is 0 Å². The van der Waals surface area contributed by atoms with Crippen LogP contribution in [0.25, 0.3) is 11.1 Å². The van der Waals surface area contributed by atoms with Gasteiger partial charge in [-0.2, -0.15) is 0 Å². The van der Waals surface area contributed by atoms with Gasteiger partial charge in [0.15, 0.2) is 0 Å². The molecule has 0 N–H and O–H groups in total. The highest BCUT2D eigenvalue weighted by Gasteiger charge is 2.36. The number of ether oxygens (including phenoxy) is 2. The topological polar surface area (TPSA) is 18.5 Å². The van der Waals surface area contributed by atoms with Crippen molar-refractivity contribution in [3.8, 4) is 22.6 Å². The first-order valence-corrected chi connectivity index (χ1v) is 9.13. The number of benzene rings is 2. The molecule has 0 aromatic heterocycles. The summed E-state index contributed by atoms with van der Waals surface area (Å²) in [5.41, 5.74) is 3.71. The van der Waals surface area contributed by atoms with Gasteiger partial charge in [0.05, 0.1) is 7.11 Å². The second-order valence-corrected chi connectivity index (χ2v) is 9.58. The first-order chi connectivity index (χ1) is 10.4. The normalized spacial score (nSPS) is 17.0. The lowest BCUT2D eigenvalue weighted by Gasteiger charge is -2.28. The molecular weight excluding hydrogens is 291 g/mol. The summed E-state index contributed by atoms with van der Waals surface area (Å²) in [6.45, 7) is 9.07. The van der Waals surface area contributed by atoms with Gasteiger partial charge in [0, 0.05) is 10.9 Å². The van der Waals surface area contributed by atoms with Gasteiger partial charge in [0.1, 0.15) is 17.8 Å². The van der Waals surface area contributed by atoms with Gasteiger partial charge in [0.2, 0.25) is 0 Å². The monoisotopic (exact) mass is 314 g/mol. The number of aryl methyl sites for hydroxylation is 1. The Labute approximate surface area is 134 Å². The third-order valence-electron chi connectivity index (χ3n) is 4.15. The number of fused-ring (bicyclic) bond motifs is 1. The summed E-state index contributed by atoms with van der Waals surface area (Å²) < 4.78 is 11.6. The molecule has 2 aromatic rings. The van der Waals surface area contributed by atoms with E-state index in [1.165, 1.54) is 22.0 Å². The van der Waals surface area contributed by atoms with E-state index in [4.69, 9.17) is 9.47 Å². The van der Waals surface area contributed by atoms with Crippen LogP contribution in [0.1, 0.15) is 26.3 Å². The van der Waals surface area contributed by atoms with Gasteiger partial charge >= 0.3 is 0 Å². The molecule has 3 heteroatoms. The minimum Gasteiger partial charge on any atom is -0.496 e. The van der Waals surface area contributed by atoms with Crippen LogP contribution in [0.2, 0.25) is 0 Å². The molecule has 1 aliphatic rings. The summed E-state index contributed by atoms with van der Waals surface area (Å²) >= 11 is 0. The molecule has 2 aromatic carbocycles. The number of methoxy groups -OCH3 is 1. The number of rotatable bonds is 2. The molecular formula is C19H23O2P. The third kappa shape index (κ3) is 2.50. The Balaban J connectivity index is 2.25. The molecule has 0 saturated carbocycles. The second-order valence-electron chi connectivity index (χ2n) is 6.68. The van der Waals surface area contributed by atoms with Crippen molar-refractivity contribution in [2.45, 2.75) is 32.9 Å². The molecule has 0 amide bonds. The lowest BCUT2D eigenvalue weighted by molar-refractivity contribution is 0.400. The minimum atomic E-state index is -0.354. The Hall–Kier alpha value is -1.53. The largest absolute Gasteiger partial charge is 0.496 e. The van der Waals surface area contributed by atoms with Crippen LogP contribution in [-0.2, 0) is 0 Å². The lowest BCUT2D eigenvalue weighted by atomic mass is 9.99. The highest BCUT2D eigenvalue weighted by Crippen LogP contribution is 2.56. The van der Waals surface area contributed by atoms with E-state index in [0.717, 1.165) is 17.8 Å². The number of hydrogen-bond donors (Lipinski definition) is 0. The molecule has 3 rings (SSSR count). The highest BCUT2D eigenvalue weighted by atomic mass is 31.1. The average Bonchev–Trinajstić information content (AvgIpc) is 2.91. The fraction of sp³-hybridized carbons (Fsp3) is 0.368.